The quantitative estimate of drug-likeness (QED) is 0.721. The largest absolute Gasteiger partial charge is 0.483 e. The minimum atomic E-state index is -0.501. The molecule has 0 spiro atoms. The van der Waals surface area contributed by atoms with Crippen molar-refractivity contribution in [3.8, 4) is 5.75 Å². The summed E-state index contributed by atoms with van der Waals surface area (Å²) in [5.41, 5.74) is 7.24. The summed E-state index contributed by atoms with van der Waals surface area (Å²) in [6.45, 7) is 1.14. The number of hydrogen-bond acceptors (Lipinski definition) is 5. The number of oxazole rings is 1. The first-order valence-electron chi connectivity index (χ1n) is 4.89. The average molecular weight is 222 g/mol. The standard InChI is InChI=1S/C10H10N2O4/c11-6-1-9-7(12-10(13)16-9)2-8(6)15-5-3-14-4-5/h1-2,5H,3-4,11H2,(H,12,13). The Hall–Kier alpha value is -1.95. The van der Waals surface area contributed by atoms with Crippen LogP contribution in [0.25, 0.3) is 11.1 Å². The van der Waals surface area contributed by atoms with Crippen molar-refractivity contribution in [2.24, 2.45) is 0 Å². The van der Waals surface area contributed by atoms with Gasteiger partial charge in [0.25, 0.3) is 0 Å². The van der Waals surface area contributed by atoms with E-state index in [0.717, 1.165) is 0 Å². The SMILES string of the molecule is Nc1cc2oc(=O)[nH]c2cc1OC1COC1. The maximum atomic E-state index is 11.0. The van der Waals surface area contributed by atoms with Crippen LogP contribution in [0, 0.1) is 0 Å². The second-order valence-corrected chi connectivity index (χ2v) is 3.68. The number of H-pyrrole nitrogens is 1. The molecule has 84 valence electrons. The summed E-state index contributed by atoms with van der Waals surface area (Å²) in [7, 11) is 0. The van der Waals surface area contributed by atoms with E-state index in [-0.39, 0.29) is 6.10 Å². The lowest BCUT2D eigenvalue weighted by atomic mass is 10.2. The molecular weight excluding hydrogens is 212 g/mol. The zero-order valence-corrected chi connectivity index (χ0v) is 8.36. The van der Waals surface area contributed by atoms with Crippen molar-refractivity contribution < 1.29 is 13.9 Å². The summed E-state index contributed by atoms with van der Waals surface area (Å²) in [6.07, 6.45) is 0.0402. The van der Waals surface area contributed by atoms with E-state index in [1.54, 1.807) is 12.1 Å². The van der Waals surface area contributed by atoms with E-state index in [9.17, 15) is 4.79 Å². The molecule has 2 heterocycles. The van der Waals surface area contributed by atoms with Crippen LogP contribution in [0.3, 0.4) is 0 Å². The van der Waals surface area contributed by atoms with E-state index in [1.165, 1.54) is 0 Å². The molecule has 1 aromatic carbocycles. The van der Waals surface area contributed by atoms with Crippen molar-refractivity contribution >= 4 is 16.8 Å². The lowest BCUT2D eigenvalue weighted by Crippen LogP contribution is -2.38. The number of aromatic amines is 1. The molecule has 16 heavy (non-hydrogen) atoms. The normalized spacial score (nSPS) is 16.2. The molecule has 1 aliphatic rings. The van der Waals surface area contributed by atoms with Gasteiger partial charge in [0.05, 0.1) is 24.4 Å². The van der Waals surface area contributed by atoms with Gasteiger partial charge < -0.3 is 19.6 Å². The summed E-state index contributed by atoms with van der Waals surface area (Å²) in [4.78, 5) is 13.5. The molecule has 2 aromatic rings. The van der Waals surface area contributed by atoms with Crippen LogP contribution in [-0.4, -0.2) is 24.3 Å². The molecule has 6 heteroatoms. The second kappa shape index (κ2) is 3.28. The number of aromatic nitrogens is 1. The summed E-state index contributed by atoms with van der Waals surface area (Å²) < 4.78 is 15.5. The first-order chi connectivity index (χ1) is 7.72. The number of rotatable bonds is 2. The highest BCUT2D eigenvalue weighted by Crippen LogP contribution is 2.28. The predicted molar refractivity (Wildman–Crippen MR) is 56.5 cm³/mol. The maximum Gasteiger partial charge on any atom is 0.417 e. The summed E-state index contributed by atoms with van der Waals surface area (Å²) in [6, 6.07) is 3.23. The molecule has 0 saturated carbocycles. The van der Waals surface area contributed by atoms with Crippen molar-refractivity contribution in [3.63, 3.8) is 0 Å². The van der Waals surface area contributed by atoms with Crippen molar-refractivity contribution in [2.45, 2.75) is 6.10 Å². The third-order valence-electron chi connectivity index (χ3n) is 2.45. The fourth-order valence-corrected chi connectivity index (χ4v) is 1.56. The molecule has 0 atom stereocenters. The van der Waals surface area contributed by atoms with Crippen molar-refractivity contribution in [1.82, 2.24) is 4.98 Å². The van der Waals surface area contributed by atoms with Gasteiger partial charge in [0.15, 0.2) is 5.58 Å². The Labute approximate surface area is 89.9 Å². The fraction of sp³-hybridized carbons (Fsp3) is 0.300. The number of nitrogens with one attached hydrogen (secondary N) is 1. The molecule has 0 bridgehead atoms. The minimum Gasteiger partial charge on any atom is -0.483 e. The number of nitrogens with two attached hydrogens (primary N) is 1. The number of fused-ring (bicyclic) bond motifs is 1. The van der Waals surface area contributed by atoms with Crippen LogP contribution in [0.15, 0.2) is 21.3 Å². The van der Waals surface area contributed by atoms with Crippen molar-refractivity contribution in [2.75, 3.05) is 18.9 Å². The Morgan fingerprint density at radius 3 is 2.94 bits per heavy atom. The van der Waals surface area contributed by atoms with E-state index < -0.39 is 5.76 Å². The Bertz CT molecular complexity index is 582. The first kappa shape index (κ1) is 9.29. The fourth-order valence-electron chi connectivity index (χ4n) is 1.56. The van der Waals surface area contributed by atoms with Gasteiger partial charge in [0.1, 0.15) is 11.9 Å². The molecule has 0 amide bonds. The Balaban J connectivity index is 2.02. The van der Waals surface area contributed by atoms with E-state index in [0.29, 0.717) is 35.8 Å². The molecule has 1 aromatic heterocycles. The van der Waals surface area contributed by atoms with Crippen LogP contribution in [0.2, 0.25) is 0 Å². The summed E-state index contributed by atoms with van der Waals surface area (Å²) in [5.74, 6) is 0.0383. The van der Waals surface area contributed by atoms with Gasteiger partial charge >= 0.3 is 5.76 Å². The summed E-state index contributed by atoms with van der Waals surface area (Å²) >= 11 is 0. The zero-order valence-electron chi connectivity index (χ0n) is 8.36. The monoisotopic (exact) mass is 222 g/mol. The van der Waals surface area contributed by atoms with Gasteiger partial charge in [-0.25, -0.2) is 4.79 Å². The van der Waals surface area contributed by atoms with Gasteiger partial charge in [-0.1, -0.05) is 0 Å². The lowest BCUT2D eigenvalue weighted by Gasteiger charge is -2.27. The van der Waals surface area contributed by atoms with Gasteiger partial charge in [0, 0.05) is 12.1 Å². The molecule has 1 aliphatic heterocycles. The third kappa shape index (κ3) is 1.43. The second-order valence-electron chi connectivity index (χ2n) is 3.68. The number of benzene rings is 1. The van der Waals surface area contributed by atoms with Crippen molar-refractivity contribution in [1.29, 1.82) is 0 Å². The molecule has 6 nitrogen and oxygen atoms in total. The molecule has 3 rings (SSSR count). The third-order valence-corrected chi connectivity index (χ3v) is 2.45. The van der Waals surface area contributed by atoms with Gasteiger partial charge in [0.2, 0.25) is 0 Å². The van der Waals surface area contributed by atoms with Gasteiger partial charge in [-0.05, 0) is 0 Å². The Morgan fingerprint density at radius 2 is 2.25 bits per heavy atom. The van der Waals surface area contributed by atoms with Crippen LogP contribution in [0.5, 0.6) is 5.75 Å². The molecular formula is C10H10N2O4. The smallest absolute Gasteiger partial charge is 0.417 e. The van der Waals surface area contributed by atoms with Crippen molar-refractivity contribution in [3.05, 3.63) is 22.7 Å². The highest BCUT2D eigenvalue weighted by Gasteiger charge is 2.21. The number of ether oxygens (including phenoxy) is 2. The van der Waals surface area contributed by atoms with Gasteiger partial charge in [-0.3, -0.25) is 4.98 Å². The molecule has 3 N–H and O–H groups in total. The zero-order chi connectivity index (χ0) is 11.1. The van der Waals surface area contributed by atoms with Gasteiger partial charge in [-0.2, -0.15) is 0 Å². The van der Waals surface area contributed by atoms with E-state index >= 15 is 0 Å². The Morgan fingerprint density at radius 1 is 1.44 bits per heavy atom. The predicted octanol–water partition coefficient (Wildman–Crippen LogP) is 0.481. The van der Waals surface area contributed by atoms with E-state index in [2.05, 4.69) is 4.98 Å². The van der Waals surface area contributed by atoms with Gasteiger partial charge in [-0.15, -0.1) is 0 Å². The molecule has 0 aliphatic carbocycles. The molecule has 1 fully saturated rings. The van der Waals surface area contributed by atoms with Crippen LogP contribution < -0.4 is 16.2 Å². The van der Waals surface area contributed by atoms with Crippen LogP contribution >= 0.6 is 0 Å². The first-order valence-corrected chi connectivity index (χ1v) is 4.89. The van der Waals surface area contributed by atoms with Crippen LogP contribution in [0.4, 0.5) is 5.69 Å². The lowest BCUT2D eigenvalue weighted by molar-refractivity contribution is -0.0793. The van der Waals surface area contributed by atoms with E-state index in [1.807, 2.05) is 0 Å². The van der Waals surface area contributed by atoms with Crippen LogP contribution in [-0.2, 0) is 4.74 Å². The minimum absolute atomic E-state index is 0.0402. The topological polar surface area (TPSA) is 90.5 Å². The average Bonchev–Trinajstić information content (AvgIpc) is 2.50. The molecule has 0 radical (unpaired) electrons. The molecule has 1 saturated heterocycles. The Kier molecular flexibility index (Phi) is 1.90. The summed E-state index contributed by atoms with van der Waals surface area (Å²) in [5, 5.41) is 0. The number of hydrogen-bond donors (Lipinski definition) is 2. The van der Waals surface area contributed by atoms with Crippen LogP contribution in [0.1, 0.15) is 0 Å². The highest BCUT2D eigenvalue weighted by molar-refractivity contribution is 5.80. The van der Waals surface area contributed by atoms with E-state index in [4.69, 9.17) is 19.6 Å². The highest BCUT2D eigenvalue weighted by atomic mass is 16.6. The molecule has 0 unspecified atom stereocenters. The maximum absolute atomic E-state index is 11.0. The number of anilines is 1. The number of nitrogen functional groups attached to an aromatic ring is 1.